The molecule has 0 aliphatic carbocycles. The lowest BCUT2D eigenvalue weighted by Gasteiger charge is -2.10. The second kappa shape index (κ2) is 7.60. The van der Waals surface area contributed by atoms with E-state index in [0.29, 0.717) is 33.1 Å². The quantitative estimate of drug-likeness (QED) is 0.581. The molecule has 3 aromatic rings. The number of rotatable bonds is 5. The Kier molecular flexibility index (Phi) is 5.47. The molecule has 0 aliphatic rings. The second-order valence-corrected chi connectivity index (χ2v) is 7.41. The molecule has 1 amide bonds. The number of anilines is 1. The van der Waals surface area contributed by atoms with Crippen LogP contribution in [-0.4, -0.2) is 17.5 Å². The molecule has 2 aromatic carbocycles. The van der Waals surface area contributed by atoms with Crippen LogP contribution in [0.3, 0.4) is 0 Å². The molecule has 0 spiro atoms. The fourth-order valence-electron chi connectivity index (χ4n) is 2.29. The number of halogens is 2. The lowest BCUT2D eigenvalue weighted by Crippen LogP contribution is -2.12. The van der Waals surface area contributed by atoms with Crippen molar-refractivity contribution in [3.05, 3.63) is 51.5 Å². The Morgan fingerprint density at radius 1 is 1.24 bits per heavy atom. The van der Waals surface area contributed by atoms with E-state index < -0.39 is 0 Å². The van der Waals surface area contributed by atoms with Crippen molar-refractivity contribution >= 4 is 55.8 Å². The summed E-state index contributed by atoms with van der Waals surface area (Å²) in [6, 6.07) is 9.05. The van der Waals surface area contributed by atoms with Gasteiger partial charge in [0, 0.05) is 5.56 Å². The highest BCUT2D eigenvalue weighted by Gasteiger charge is 2.15. The highest BCUT2D eigenvalue weighted by molar-refractivity contribution is 7.22. The summed E-state index contributed by atoms with van der Waals surface area (Å²) in [4.78, 5) is 16.9. The Balaban J connectivity index is 1.82. The minimum absolute atomic E-state index is 0.311. The predicted octanol–water partition coefficient (Wildman–Crippen LogP) is 5.95. The average Bonchev–Trinajstić information content (AvgIpc) is 2.95. The Morgan fingerprint density at radius 3 is 2.64 bits per heavy atom. The first-order valence-electron chi connectivity index (χ1n) is 7.78. The lowest BCUT2D eigenvalue weighted by atomic mass is 10.2. The number of fused-ring (bicyclic) bond motifs is 1. The van der Waals surface area contributed by atoms with Gasteiger partial charge < -0.3 is 4.74 Å². The number of aryl methyl sites for hydroxylation is 1. The van der Waals surface area contributed by atoms with E-state index in [1.54, 1.807) is 12.1 Å². The molecule has 0 unspecified atom stereocenters. The van der Waals surface area contributed by atoms with Gasteiger partial charge in [0.25, 0.3) is 5.91 Å². The number of nitrogens with zero attached hydrogens (tertiary/aromatic N) is 1. The van der Waals surface area contributed by atoms with Gasteiger partial charge in [-0.25, -0.2) is 4.98 Å². The zero-order chi connectivity index (χ0) is 18.0. The minimum Gasteiger partial charge on any atom is -0.490 e. The maximum atomic E-state index is 12.5. The van der Waals surface area contributed by atoms with Gasteiger partial charge in [0.1, 0.15) is 0 Å². The van der Waals surface area contributed by atoms with Gasteiger partial charge >= 0.3 is 0 Å². The zero-order valence-corrected chi connectivity index (χ0v) is 16.1. The number of amides is 1. The van der Waals surface area contributed by atoms with E-state index in [0.717, 1.165) is 22.2 Å². The standard InChI is InChI=1S/C18H16Cl2N2O2S/c1-3-6-24-16-12(19)8-11(9-13(16)20)17(23)22-18-21-14-5-4-10(2)7-15(14)25-18/h4-5,7-9H,3,6H2,1-2H3,(H,21,22,23). The summed E-state index contributed by atoms with van der Waals surface area (Å²) >= 11 is 13.8. The number of benzene rings is 2. The zero-order valence-electron chi connectivity index (χ0n) is 13.7. The van der Waals surface area contributed by atoms with E-state index in [9.17, 15) is 4.79 Å². The van der Waals surface area contributed by atoms with Crippen LogP contribution in [0.5, 0.6) is 5.75 Å². The van der Waals surface area contributed by atoms with Crippen molar-refractivity contribution in [2.45, 2.75) is 20.3 Å². The molecule has 0 saturated heterocycles. The molecule has 4 nitrogen and oxygen atoms in total. The van der Waals surface area contributed by atoms with Crippen molar-refractivity contribution in [2.75, 3.05) is 11.9 Å². The highest BCUT2D eigenvalue weighted by Crippen LogP contribution is 2.35. The number of thiazole rings is 1. The van der Waals surface area contributed by atoms with Crippen LogP contribution < -0.4 is 10.1 Å². The molecule has 0 radical (unpaired) electrons. The summed E-state index contributed by atoms with van der Waals surface area (Å²) in [6.07, 6.45) is 0.839. The van der Waals surface area contributed by atoms with Gasteiger partial charge in [0.2, 0.25) is 0 Å². The molecule has 3 rings (SSSR count). The monoisotopic (exact) mass is 394 g/mol. The summed E-state index contributed by atoms with van der Waals surface area (Å²) in [5, 5.41) is 3.95. The molecule has 0 bridgehead atoms. The fourth-order valence-corrected chi connectivity index (χ4v) is 3.84. The molecular weight excluding hydrogens is 379 g/mol. The first-order valence-corrected chi connectivity index (χ1v) is 9.35. The van der Waals surface area contributed by atoms with Crippen molar-refractivity contribution in [3.63, 3.8) is 0 Å². The van der Waals surface area contributed by atoms with E-state index in [2.05, 4.69) is 10.3 Å². The third kappa shape index (κ3) is 4.06. The van der Waals surface area contributed by atoms with Crippen LogP contribution in [0.15, 0.2) is 30.3 Å². The number of hydrogen-bond acceptors (Lipinski definition) is 4. The molecule has 130 valence electrons. The molecule has 0 saturated carbocycles. The second-order valence-electron chi connectivity index (χ2n) is 5.56. The number of nitrogens with one attached hydrogen (secondary N) is 1. The van der Waals surface area contributed by atoms with Crippen LogP contribution in [-0.2, 0) is 0 Å². The van der Waals surface area contributed by atoms with Crippen LogP contribution in [0.25, 0.3) is 10.2 Å². The lowest BCUT2D eigenvalue weighted by molar-refractivity contribution is 0.102. The minimum atomic E-state index is -0.318. The molecule has 25 heavy (non-hydrogen) atoms. The third-order valence-electron chi connectivity index (χ3n) is 3.48. The molecule has 7 heteroatoms. The maximum absolute atomic E-state index is 12.5. The Hall–Kier alpha value is -1.82. The number of hydrogen-bond donors (Lipinski definition) is 1. The van der Waals surface area contributed by atoms with Crippen LogP contribution in [0, 0.1) is 6.92 Å². The van der Waals surface area contributed by atoms with Crippen molar-refractivity contribution in [1.82, 2.24) is 4.98 Å². The summed E-state index contributed by atoms with van der Waals surface area (Å²) in [7, 11) is 0. The fraction of sp³-hybridized carbons (Fsp3) is 0.222. The Bertz CT molecular complexity index is 917. The summed E-state index contributed by atoms with van der Waals surface area (Å²) in [6.45, 7) is 4.52. The van der Waals surface area contributed by atoms with E-state index in [1.165, 1.54) is 11.3 Å². The van der Waals surface area contributed by atoms with Gasteiger partial charge in [0.15, 0.2) is 10.9 Å². The van der Waals surface area contributed by atoms with Crippen LogP contribution in [0.4, 0.5) is 5.13 Å². The maximum Gasteiger partial charge on any atom is 0.257 e. The van der Waals surface area contributed by atoms with E-state index in [1.807, 2.05) is 32.0 Å². The molecule has 1 aromatic heterocycles. The van der Waals surface area contributed by atoms with Gasteiger partial charge in [0.05, 0.1) is 26.9 Å². The van der Waals surface area contributed by atoms with Gasteiger partial charge in [-0.3, -0.25) is 10.1 Å². The number of carbonyl (C=O) groups excluding carboxylic acids is 1. The van der Waals surface area contributed by atoms with Crippen molar-refractivity contribution < 1.29 is 9.53 Å². The summed E-state index contributed by atoms with van der Waals surface area (Å²) in [5.41, 5.74) is 2.36. The molecule has 0 atom stereocenters. The molecule has 0 aliphatic heterocycles. The molecule has 1 N–H and O–H groups in total. The number of aromatic nitrogens is 1. The van der Waals surface area contributed by atoms with Crippen molar-refractivity contribution in [1.29, 1.82) is 0 Å². The highest BCUT2D eigenvalue weighted by atomic mass is 35.5. The van der Waals surface area contributed by atoms with E-state index in [-0.39, 0.29) is 5.91 Å². The molecular formula is C18H16Cl2N2O2S. The smallest absolute Gasteiger partial charge is 0.257 e. The van der Waals surface area contributed by atoms with Crippen LogP contribution in [0.1, 0.15) is 29.3 Å². The average molecular weight is 395 g/mol. The summed E-state index contributed by atoms with van der Waals surface area (Å²) in [5.74, 6) is 0.0822. The first-order chi connectivity index (χ1) is 12.0. The molecule has 1 heterocycles. The normalized spacial score (nSPS) is 10.9. The van der Waals surface area contributed by atoms with Gasteiger partial charge in [-0.1, -0.05) is 47.5 Å². The van der Waals surface area contributed by atoms with Gasteiger partial charge in [-0.2, -0.15) is 0 Å². The Labute approximate surface area is 159 Å². The molecule has 0 fully saturated rings. The van der Waals surface area contributed by atoms with Crippen LogP contribution >= 0.6 is 34.5 Å². The predicted molar refractivity (Wildman–Crippen MR) is 105 cm³/mol. The third-order valence-corrected chi connectivity index (χ3v) is 4.97. The largest absolute Gasteiger partial charge is 0.490 e. The number of carbonyl (C=O) groups is 1. The number of ether oxygens (including phenoxy) is 1. The van der Waals surface area contributed by atoms with Gasteiger partial charge in [-0.15, -0.1) is 0 Å². The first kappa shape index (κ1) is 18.0. The van der Waals surface area contributed by atoms with E-state index in [4.69, 9.17) is 27.9 Å². The summed E-state index contributed by atoms with van der Waals surface area (Å²) < 4.78 is 6.54. The van der Waals surface area contributed by atoms with Crippen molar-refractivity contribution in [3.8, 4) is 5.75 Å². The van der Waals surface area contributed by atoms with Crippen molar-refractivity contribution in [2.24, 2.45) is 0 Å². The van der Waals surface area contributed by atoms with Crippen LogP contribution in [0.2, 0.25) is 10.0 Å². The topological polar surface area (TPSA) is 51.2 Å². The van der Waals surface area contributed by atoms with E-state index >= 15 is 0 Å². The Morgan fingerprint density at radius 2 is 1.96 bits per heavy atom. The SMILES string of the molecule is CCCOc1c(Cl)cc(C(=O)Nc2nc3ccc(C)cc3s2)cc1Cl. The van der Waals surface area contributed by atoms with Gasteiger partial charge in [-0.05, 0) is 43.2 Å².